The van der Waals surface area contributed by atoms with Crippen molar-refractivity contribution in [1.29, 1.82) is 0 Å². The zero-order valence-corrected chi connectivity index (χ0v) is 46.9. The maximum absolute atomic E-state index is 6.30. The highest BCUT2D eigenvalue weighted by Gasteiger charge is 2.20. The van der Waals surface area contributed by atoms with Gasteiger partial charge in [-0.25, -0.2) is 29.9 Å². The lowest BCUT2D eigenvalue weighted by Gasteiger charge is -2.15. The number of nitrogens with zero attached hydrogens (tertiary/aromatic N) is 6. The first-order valence-corrected chi connectivity index (χ1v) is 29.5. The van der Waals surface area contributed by atoms with Crippen LogP contribution in [0.15, 0.2) is 283 Å². The van der Waals surface area contributed by atoms with Crippen LogP contribution < -0.4 is 0 Å². The van der Waals surface area contributed by atoms with Gasteiger partial charge in [-0.2, -0.15) is 0 Å². The van der Waals surface area contributed by atoms with Crippen LogP contribution in [-0.2, 0) is 0 Å². The second kappa shape index (κ2) is 20.2. The quantitative estimate of drug-likeness (QED) is 0.142. The Balaban J connectivity index is 0.810. The summed E-state index contributed by atoms with van der Waals surface area (Å²) in [6.07, 6.45) is 0. The lowest BCUT2D eigenvalue weighted by atomic mass is 9.89. The molecule has 17 rings (SSSR count). The number of furan rings is 1. The van der Waals surface area contributed by atoms with Crippen molar-refractivity contribution in [3.05, 3.63) is 279 Å². The minimum atomic E-state index is 0.577. The standard InChI is InChI=1S/C78H46N6OS/c1-4-17-48(18-5-1)73-79-74(49-19-6-2-7-20-49)83-78(82-73)58-44-57-43-53(35-37-59(57)66(46-58)60-29-16-30-62-61(60)38-40-70-72(62)64-28-11-13-32-69(64)86-70)51-23-14-25-55(41-51)76-80-75(50-21-8-3-9-22-50)81-77(84-76)56-26-15-24-52(42-56)54-34-33-47-36-39-68-71(65(47)45-54)63-27-10-12-31-67(63)85-68/h1-46H. The molecule has 0 saturated heterocycles. The van der Waals surface area contributed by atoms with Crippen LogP contribution >= 0.6 is 11.3 Å². The van der Waals surface area contributed by atoms with Crippen molar-refractivity contribution >= 4 is 85.8 Å². The molecule has 0 aliphatic heterocycles. The smallest absolute Gasteiger partial charge is 0.164 e. The number of aromatic nitrogens is 6. The number of fused-ring (bicyclic) bond motifs is 11. The number of benzene rings is 13. The highest BCUT2D eigenvalue weighted by molar-refractivity contribution is 7.26. The molecule has 0 N–H and O–H groups in total. The van der Waals surface area contributed by atoms with Gasteiger partial charge in [-0.1, -0.05) is 218 Å². The molecule has 0 aliphatic carbocycles. The average Bonchev–Trinajstić information content (AvgIpc) is 1.85. The Morgan fingerprint density at radius 1 is 0.221 bits per heavy atom. The topological polar surface area (TPSA) is 90.5 Å². The second-order valence-corrected chi connectivity index (χ2v) is 22.8. The summed E-state index contributed by atoms with van der Waals surface area (Å²) in [6.45, 7) is 0. The molecule has 0 spiro atoms. The van der Waals surface area contributed by atoms with Gasteiger partial charge >= 0.3 is 0 Å². The fraction of sp³-hybridized carbons (Fsp3) is 0. The van der Waals surface area contributed by atoms with E-state index in [0.29, 0.717) is 34.9 Å². The van der Waals surface area contributed by atoms with E-state index >= 15 is 0 Å². The number of hydrogen-bond donors (Lipinski definition) is 0. The molecule has 0 atom stereocenters. The van der Waals surface area contributed by atoms with E-state index < -0.39 is 0 Å². The van der Waals surface area contributed by atoms with Crippen molar-refractivity contribution in [1.82, 2.24) is 29.9 Å². The van der Waals surface area contributed by atoms with E-state index in [1.807, 2.05) is 90.2 Å². The third-order valence-electron chi connectivity index (χ3n) is 16.5. The monoisotopic (exact) mass is 1110 g/mol. The molecule has 4 heterocycles. The van der Waals surface area contributed by atoms with E-state index in [1.165, 1.54) is 30.9 Å². The maximum Gasteiger partial charge on any atom is 0.164 e. The Morgan fingerprint density at radius 3 is 1.36 bits per heavy atom. The maximum atomic E-state index is 6.30. The summed E-state index contributed by atoms with van der Waals surface area (Å²) in [4.78, 5) is 31.3. The van der Waals surface area contributed by atoms with Crippen LogP contribution in [0.3, 0.4) is 0 Å². The van der Waals surface area contributed by atoms with E-state index in [0.717, 1.165) is 110 Å². The molecule has 7 nitrogen and oxygen atoms in total. The van der Waals surface area contributed by atoms with Crippen molar-refractivity contribution in [2.24, 2.45) is 0 Å². The fourth-order valence-corrected chi connectivity index (χ4v) is 13.5. The molecule has 86 heavy (non-hydrogen) atoms. The van der Waals surface area contributed by atoms with Gasteiger partial charge in [0.25, 0.3) is 0 Å². The Hall–Kier alpha value is -11.3. The first-order valence-electron chi connectivity index (χ1n) is 28.7. The van der Waals surface area contributed by atoms with Gasteiger partial charge in [0.05, 0.1) is 0 Å². The summed E-state index contributed by atoms with van der Waals surface area (Å²) in [7, 11) is 0. The second-order valence-electron chi connectivity index (χ2n) is 21.7. The minimum absolute atomic E-state index is 0.577. The molecule has 0 unspecified atom stereocenters. The number of thiophene rings is 1. The molecule has 0 saturated carbocycles. The van der Waals surface area contributed by atoms with Crippen LogP contribution in [0.4, 0.5) is 0 Å². The molecule has 0 fully saturated rings. The summed E-state index contributed by atoms with van der Waals surface area (Å²) >= 11 is 1.84. The Labute approximate surface area is 497 Å². The number of rotatable bonds is 9. The molecule has 17 aromatic rings. The van der Waals surface area contributed by atoms with Crippen LogP contribution in [0.5, 0.6) is 0 Å². The normalized spacial score (nSPS) is 11.7. The summed E-state index contributed by atoms with van der Waals surface area (Å²) in [5, 5.41) is 11.7. The third kappa shape index (κ3) is 8.58. The molecule has 0 aliphatic rings. The summed E-state index contributed by atoms with van der Waals surface area (Å²) in [5.74, 6) is 3.57. The number of para-hydroxylation sites is 1. The molecule has 400 valence electrons. The fourth-order valence-electron chi connectivity index (χ4n) is 12.4. The molecule has 0 amide bonds. The van der Waals surface area contributed by atoms with E-state index in [4.69, 9.17) is 34.3 Å². The molecular formula is C78H46N6OS. The van der Waals surface area contributed by atoms with Gasteiger partial charge < -0.3 is 4.42 Å². The molecular weight excluding hydrogens is 1070 g/mol. The van der Waals surface area contributed by atoms with E-state index in [1.54, 1.807) is 0 Å². The highest BCUT2D eigenvalue weighted by atomic mass is 32.1. The van der Waals surface area contributed by atoms with Crippen LogP contribution in [0.1, 0.15) is 0 Å². The SMILES string of the molecule is c1ccc(-c2nc(-c3cccc(-c4ccc5c(-c6cccc7c6ccc6sc8ccccc8c67)cc(-c6nc(-c7ccccc7)nc(-c7ccccc7)n6)cc5c4)c3)nc(-c3cccc(-c4ccc5ccc6oc7ccccc7c6c5c4)c3)n2)cc1. The van der Waals surface area contributed by atoms with Gasteiger partial charge in [-0.15, -0.1) is 11.3 Å². The number of hydrogen-bond acceptors (Lipinski definition) is 8. The summed E-state index contributed by atoms with van der Waals surface area (Å²) < 4.78 is 8.85. The van der Waals surface area contributed by atoms with Crippen LogP contribution in [0.2, 0.25) is 0 Å². The first kappa shape index (κ1) is 49.3. The molecule has 4 aromatic heterocycles. The van der Waals surface area contributed by atoms with Crippen molar-refractivity contribution in [3.63, 3.8) is 0 Å². The molecule has 0 radical (unpaired) electrons. The van der Waals surface area contributed by atoms with Gasteiger partial charge in [0.1, 0.15) is 11.2 Å². The van der Waals surface area contributed by atoms with Crippen molar-refractivity contribution < 1.29 is 4.42 Å². The Kier molecular flexibility index (Phi) is 11.6. The van der Waals surface area contributed by atoms with Crippen LogP contribution in [0.25, 0.3) is 176 Å². The predicted octanol–water partition coefficient (Wildman–Crippen LogP) is 20.8. The Bertz CT molecular complexity index is 5490. The predicted molar refractivity (Wildman–Crippen MR) is 355 cm³/mol. The summed E-state index contributed by atoms with van der Waals surface area (Å²) in [6, 6.07) is 97.9. The van der Waals surface area contributed by atoms with E-state index in [2.05, 4.69) is 200 Å². The molecule has 0 bridgehead atoms. The molecule has 13 aromatic carbocycles. The zero-order chi connectivity index (χ0) is 56.7. The Morgan fingerprint density at radius 2 is 0.698 bits per heavy atom. The van der Waals surface area contributed by atoms with Gasteiger partial charge in [0, 0.05) is 64.3 Å². The van der Waals surface area contributed by atoms with Gasteiger partial charge in [0.15, 0.2) is 34.9 Å². The lowest BCUT2D eigenvalue weighted by Crippen LogP contribution is -2.00. The largest absolute Gasteiger partial charge is 0.456 e. The van der Waals surface area contributed by atoms with Crippen molar-refractivity contribution in [3.8, 4) is 102 Å². The van der Waals surface area contributed by atoms with E-state index in [-0.39, 0.29) is 0 Å². The van der Waals surface area contributed by atoms with E-state index in [9.17, 15) is 0 Å². The van der Waals surface area contributed by atoms with Crippen LogP contribution in [0, 0.1) is 0 Å². The third-order valence-corrected chi connectivity index (χ3v) is 17.7. The average molecular weight is 1120 g/mol. The van der Waals surface area contributed by atoms with Gasteiger partial charge in [-0.3, -0.25) is 0 Å². The summed E-state index contributed by atoms with van der Waals surface area (Å²) in [5.41, 5.74) is 13.6. The zero-order valence-electron chi connectivity index (χ0n) is 46.1. The lowest BCUT2D eigenvalue weighted by molar-refractivity contribution is 0.669. The minimum Gasteiger partial charge on any atom is -0.456 e. The van der Waals surface area contributed by atoms with Crippen molar-refractivity contribution in [2.45, 2.75) is 0 Å². The van der Waals surface area contributed by atoms with Gasteiger partial charge in [0.2, 0.25) is 0 Å². The van der Waals surface area contributed by atoms with Gasteiger partial charge in [-0.05, 0) is 126 Å². The molecule has 8 heteroatoms. The highest BCUT2D eigenvalue weighted by Crippen LogP contribution is 2.45. The first-order chi connectivity index (χ1) is 42.6. The van der Waals surface area contributed by atoms with Crippen LogP contribution in [-0.4, -0.2) is 29.9 Å². The van der Waals surface area contributed by atoms with Crippen molar-refractivity contribution in [2.75, 3.05) is 0 Å².